The quantitative estimate of drug-likeness (QED) is 0.487. The molecule has 7 nitrogen and oxygen atoms in total. The van der Waals surface area contributed by atoms with Gasteiger partial charge in [0.2, 0.25) is 0 Å². The van der Waals surface area contributed by atoms with Crippen LogP contribution in [0.4, 0.5) is 0 Å². The van der Waals surface area contributed by atoms with Crippen molar-refractivity contribution in [1.82, 2.24) is 0 Å². The minimum Gasteiger partial charge on any atom is -0.497 e. The second kappa shape index (κ2) is 7.82. The van der Waals surface area contributed by atoms with E-state index in [2.05, 4.69) is 4.74 Å². The summed E-state index contributed by atoms with van der Waals surface area (Å²) in [6.45, 7) is 0.232. The number of hydrogen-bond acceptors (Lipinski definition) is 7. The highest BCUT2D eigenvalue weighted by atomic mass is 16.5. The molecule has 0 atom stereocenters. The standard InChI is InChI=1S/C20H18O7/c1-23-14-6-7-17(24-2)13(8-14)11-26-15-5-4-12-9-16(19(21)25-3)20(22)27-18(12)10-15/h4-10H,11H2,1-3H3. The molecule has 0 fully saturated rings. The van der Waals surface area contributed by atoms with Crippen LogP contribution in [0.15, 0.2) is 51.7 Å². The number of methoxy groups -OCH3 is 3. The van der Waals surface area contributed by atoms with Crippen LogP contribution in [-0.2, 0) is 11.3 Å². The number of benzene rings is 2. The molecule has 3 rings (SSSR count). The zero-order valence-electron chi connectivity index (χ0n) is 15.1. The second-order valence-electron chi connectivity index (χ2n) is 5.61. The molecule has 1 aromatic heterocycles. The van der Waals surface area contributed by atoms with Gasteiger partial charge in [-0.05, 0) is 36.4 Å². The van der Waals surface area contributed by atoms with Crippen molar-refractivity contribution < 1.29 is 28.2 Å². The predicted octanol–water partition coefficient (Wildman–Crippen LogP) is 3.18. The van der Waals surface area contributed by atoms with Crippen molar-refractivity contribution in [2.45, 2.75) is 6.61 Å². The third-order valence-electron chi connectivity index (χ3n) is 3.99. The van der Waals surface area contributed by atoms with Gasteiger partial charge in [-0.2, -0.15) is 0 Å². The van der Waals surface area contributed by atoms with Crippen molar-refractivity contribution in [3.63, 3.8) is 0 Å². The SMILES string of the molecule is COC(=O)c1cc2ccc(OCc3cc(OC)ccc3OC)cc2oc1=O. The van der Waals surface area contributed by atoms with Crippen LogP contribution in [0.3, 0.4) is 0 Å². The molecular formula is C20H18O7. The lowest BCUT2D eigenvalue weighted by molar-refractivity contribution is 0.0596. The molecule has 0 radical (unpaired) electrons. The van der Waals surface area contributed by atoms with Crippen LogP contribution in [0.1, 0.15) is 15.9 Å². The predicted molar refractivity (Wildman–Crippen MR) is 97.7 cm³/mol. The molecule has 2 aromatic carbocycles. The Hall–Kier alpha value is -3.48. The van der Waals surface area contributed by atoms with Gasteiger partial charge in [0, 0.05) is 17.0 Å². The van der Waals surface area contributed by atoms with E-state index >= 15 is 0 Å². The Bertz CT molecular complexity index is 1040. The van der Waals surface area contributed by atoms with Crippen LogP contribution in [0, 0.1) is 0 Å². The van der Waals surface area contributed by atoms with Crippen molar-refractivity contribution >= 4 is 16.9 Å². The number of esters is 1. The first kappa shape index (κ1) is 18.3. The molecule has 0 aliphatic rings. The zero-order chi connectivity index (χ0) is 19.4. The van der Waals surface area contributed by atoms with Crippen molar-refractivity contribution in [2.24, 2.45) is 0 Å². The van der Waals surface area contributed by atoms with E-state index in [1.54, 1.807) is 44.6 Å². The Balaban J connectivity index is 1.86. The van der Waals surface area contributed by atoms with Gasteiger partial charge >= 0.3 is 11.6 Å². The van der Waals surface area contributed by atoms with Crippen LogP contribution < -0.4 is 19.8 Å². The highest BCUT2D eigenvalue weighted by Crippen LogP contribution is 2.26. The molecule has 0 saturated carbocycles. The number of fused-ring (bicyclic) bond motifs is 1. The van der Waals surface area contributed by atoms with Crippen LogP contribution in [-0.4, -0.2) is 27.3 Å². The molecule has 0 aliphatic heterocycles. The monoisotopic (exact) mass is 370 g/mol. The van der Waals surface area contributed by atoms with E-state index in [-0.39, 0.29) is 12.2 Å². The van der Waals surface area contributed by atoms with E-state index in [0.717, 1.165) is 5.56 Å². The normalized spacial score (nSPS) is 10.5. The number of carbonyl (C=O) groups is 1. The van der Waals surface area contributed by atoms with Crippen molar-refractivity contribution in [2.75, 3.05) is 21.3 Å². The van der Waals surface area contributed by atoms with Crippen molar-refractivity contribution in [3.05, 3.63) is 64.0 Å². The molecule has 3 aromatic rings. The fourth-order valence-corrected chi connectivity index (χ4v) is 2.59. The Morgan fingerprint density at radius 2 is 1.74 bits per heavy atom. The lowest BCUT2D eigenvalue weighted by Gasteiger charge is -2.12. The van der Waals surface area contributed by atoms with E-state index in [1.807, 2.05) is 6.07 Å². The maximum Gasteiger partial charge on any atom is 0.351 e. The molecule has 0 N–H and O–H groups in total. The molecule has 1 heterocycles. The summed E-state index contributed by atoms with van der Waals surface area (Å²) in [5.74, 6) is 1.12. The van der Waals surface area contributed by atoms with Crippen LogP contribution in [0.25, 0.3) is 11.0 Å². The smallest absolute Gasteiger partial charge is 0.351 e. The molecule has 27 heavy (non-hydrogen) atoms. The van der Waals surface area contributed by atoms with E-state index in [4.69, 9.17) is 18.6 Å². The molecule has 140 valence electrons. The summed E-state index contributed by atoms with van der Waals surface area (Å²) in [6, 6.07) is 11.9. The van der Waals surface area contributed by atoms with E-state index in [1.165, 1.54) is 13.2 Å². The fraction of sp³-hybridized carbons (Fsp3) is 0.200. The summed E-state index contributed by atoms with van der Waals surface area (Å²) >= 11 is 0. The first-order valence-corrected chi connectivity index (χ1v) is 8.05. The molecule has 0 aliphatic carbocycles. The maximum atomic E-state index is 11.9. The minimum absolute atomic E-state index is 0.153. The summed E-state index contributed by atoms with van der Waals surface area (Å²) < 4.78 is 26.1. The number of carbonyl (C=O) groups excluding carboxylic acids is 1. The van der Waals surface area contributed by atoms with Crippen LogP contribution in [0.2, 0.25) is 0 Å². The summed E-state index contributed by atoms with van der Waals surface area (Å²) in [6.07, 6.45) is 0. The lowest BCUT2D eigenvalue weighted by atomic mass is 10.1. The Labute approximate surface area is 155 Å². The highest BCUT2D eigenvalue weighted by Gasteiger charge is 2.14. The first-order valence-electron chi connectivity index (χ1n) is 8.05. The van der Waals surface area contributed by atoms with Gasteiger partial charge in [-0.25, -0.2) is 9.59 Å². The minimum atomic E-state index is -0.763. The summed E-state index contributed by atoms with van der Waals surface area (Å²) in [4.78, 5) is 23.5. The van der Waals surface area contributed by atoms with E-state index in [9.17, 15) is 9.59 Å². The number of ether oxygens (including phenoxy) is 4. The molecule has 0 amide bonds. The topological polar surface area (TPSA) is 84.2 Å². The first-order chi connectivity index (χ1) is 13.0. The Morgan fingerprint density at radius 3 is 2.44 bits per heavy atom. The Morgan fingerprint density at radius 1 is 0.963 bits per heavy atom. The summed E-state index contributed by atoms with van der Waals surface area (Å²) in [5, 5.41) is 0.585. The molecular weight excluding hydrogens is 352 g/mol. The van der Waals surface area contributed by atoms with E-state index < -0.39 is 11.6 Å². The third-order valence-corrected chi connectivity index (χ3v) is 3.99. The van der Waals surface area contributed by atoms with Gasteiger partial charge in [0.15, 0.2) is 0 Å². The highest BCUT2D eigenvalue weighted by molar-refractivity contribution is 5.92. The van der Waals surface area contributed by atoms with Crippen LogP contribution in [0.5, 0.6) is 17.2 Å². The fourth-order valence-electron chi connectivity index (χ4n) is 2.59. The summed E-state index contributed by atoms with van der Waals surface area (Å²) in [7, 11) is 4.37. The molecule has 0 unspecified atom stereocenters. The van der Waals surface area contributed by atoms with Crippen molar-refractivity contribution in [1.29, 1.82) is 0 Å². The van der Waals surface area contributed by atoms with Gasteiger partial charge in [0.25, 0.3) is 0 Å². The van der Waals surface area contributed by atoms with Gasteiger partial charge in [-0.3, -0.25) is 0 Å². The molecule has 0 spiro atoms. The van der Waals surface area contributed by atoms with Gasteiger partial charge in [0.1, 0.15) is 35.0 Å². The molecule has 0 bridgehead atoms. The Kier molecular flexibility index (Phi) is 5.30. The van der Waals surface area contributed by atoms with Gasteiger partial charge in [0.05, 0.1) is 21.3 Å². The van der Waals surface area contributed by atoms with Crippen LogP contribution >= 0.6 is 0 Å². The number of rotatable bonds is 6. The average molecular weight is 370 g/mol. The molecule has 7 heteroatoms. The van der Waals surface area contributed by atoms with Gasteiger partial charge < -0.3 is 23.4 Å². The summed E-state index contributed by atoms with van der Waals surface area (Å²) in [5.41, 5.74) is 0.197. The molecule has 0 saturated heterocycles. The maximum absolute atomic E-state index is 11.9. The average Bonchev–Trinajstić information content (AvgIpc) is 2.70. The van der Waals surface area contributed by atoms with Gasteiger partial charge in [-0.1, -0.05) is 0 Å². The third kappa shape index (κ3) is 3.87. The van der Waals surface area contributed by atoms with Crippen molar-refractivity contribution in [3.8, 4) is 17.2 Å². The second-order valence-corrected chi connectivity index (χ2v) is 5.61. The zero-order valence-corrected chi connectivity index (χ0v) is 15.1. The van der Waals surface area contributed by atoms with E-state index in [0.29, 0.717) is 28.2 Å². The number of hydrogen-bond donors (Lipinski definition) is 0. The van der Waals surface area contributed by atoms with Gasteiger partial charge in [-0.15, -0.1) is 0 Å². The largest absolute Gasteiger partial charge is 0.497 e. The lowest BCUT2D eigenvalue weighted by Crippen LogP contribution is -2.14.